The number of alkyl carbamates (subject to hydrolysis) is 5. The van der Waals surface area contributed by atoms with Crippen molar-refractivity contribution in [2.24, 2.45) is 5.73 Å². The molecule has 0 aromatic heterocycles. The number of carbonyl (C=O) groups excluding carboxylic acids is 7. The van der Waals surface area contributed by atoms with Crippen molar-refractivity contribution in [1.82, 2.24) is 41.7 Å². The standard InChI is InChI=1S/C28H32N4O5.C23H26N2O6.C13H22N4O3.C5H8N2/c1-28(2,3)37-27(35)31-24(25(33)32-14-8-9-18(32)15-29)16-30-26(34)36-17-23-21-12-6-4-10-19(21)20-11-5-7-13-22(20)23;1-23(2,3)31-22(29)25-19(20(26)27)12-24-21(28)30-13-18-16-10-6-4-8-14(16)15-9-5-7-11-17(15)18;1-13(2,3)20-12(19)16-10(8-15)11(18)17-6-4-5-9(17)7-14;6-4-5-2-1-3-7-5/h4-7,10-13,18,23-24H,8-9,14,16-17H2,1-3H3,(H,30,34)(H,31,35);4-11,18-19H,12-13H2,1-3H3,(H,24,28)(H,25,29)(H,26,27);9-10H,4-6,8,15H2,1-3H3,(H,16,19);5,7H,1-3H2/t18-,24-;19-;9-,10-;5-/m0000/s1. The predicted octanol–water partition coefficient (Wildman–Crippen LogP) is 8.05. The van der Waals surface area contributed by atoms with Crippen LogP contribution < -0.4 is 37.6 Å². The van der Waals surface area contributed by atoms with E-state index in [4.69, 9.17) is 39.9 Å². The summed E-state index contributed by atoms with van der Waals surface area (Å²) in [6.07, 6.45) is 1.09. The summed E-state index contributed by atoms with van der Waals surface area (Å²) in [4.78, 5) is 100. The van der Waals surface area contributed by atoms with Crippen molar-refractivity contribution in [3.63, 3.8) is 0 Å². The number of hydrogen-bond donors (Lipinski definition) is 8. The number of nitrogens with one attached hydrogen (secondary N) is 6. The largest absolute Gasteiger partial charge is 0.480 e. The van der Waals surface area contributed by atoms with Crippen LogP contribution >= 0.6 is 0 Å². The van der Waals surface area contributed by atoms with Gasteiger partial charge in [-0.25, -0.2) is 28.8 Å². The molecular weight excluding hydrogens is 1220 g/mol. The van der Waals surface area contributed by atoms with Crippen LogP contribution in [0, 0.1) is 34.0 Å². The minimum absolute atomic E-state index is 0.0350. The molecule has 3 fully saturated rings. The number of aliphatic carboxylic acids is 1. The Balaban J connectivity index is 0.000000222. The van der Waals surface area contributed by atoms with E-state index >= 15 is 0 Å². The Labute approximate surface area is 554 Å². The zero-order valence-corrected chi connectivity index (χ0v) is 55.3. The zero-order valence-electron chi connectivity index (χ0n) is 55.3. The number of benzene rings is 4. The topological polar surface area (TPSA) is 379 Å². The van der Waals surface area contributed by atoms with Gasteiger partial charge in [0.2, 0.25) is 11.8 Å². The molecule has 9 rings (SSSR count). The van der Waals surface area contributed by atoms with E-state index in [1.54, 1.807) is 62.3 Å². The van der Waals surface area contributed by atoms with Gasteiger partial charge in [-0.2, -0.15) is 15.8 Å². The van der Waals surface area contributed by atoms with E-state index in [1.165, 1.54) is 9.80 Å². The molecule has 7 amide bonds. The van der Waals surface area contributed by atoms with E-state index < -0.39 is 89.4 Å². The number of nitrogens with two attached hydrogens (primary N) is 1. The molecule has 0 spiro atoms. The molecule has 4 aromatic carbocycles. The second kappa shape index (κ2) is 34.3. The Morgan fingerprint density at radius 3 is 1.18 bits per heavy atom. The van der Waals surface area contributed by atoms with Gasteiger partial charge in [0.25, 0.3) is 0 Å². The van der Waals surface area contributed by atoms with Gasteiger partial charge in [0, 0.05) is 31.5 Å². The number of carboxylic acid groups (broad SMARTS) is 1. The molecule has 0 unspecified atom stereocenters. The number of carboxylic acids is 1. The number of rotatable bonds is 15. The molecule has 5 aliphatic rings. The molecule has 26 nitrogen and oxygen atoms in total. The molecule has 2 aliphatic carbocycles. The Bertz CT molecular complexity index is 3390. The third kappa shape index (κ3) is 22.1. The normalized spacial score (nSPS) is 17.6. The Hall–Kier alpha value is -9.97. The van der Waals surface area contributed by atoms with Crippen LogP contribution in [-0.2, 0) is 38.1 Å². The van der Waals surface area contributed by atoms with Crippen LogP contribution in [-0.4, -0.2) is 169 Å². The van der Waals surface area contributed by atoms with Gasteiger partial charge in [0.05, 0.1) is 37.3 Å². The van der Waals surface area contributed by atoms with Gasteiger partial charge in [-0.05, 0) is 152 Å². The molecule has 4 aromatic rings. The third-order valence-electron chi connectivity index (χ3n) is 15.4. The van der Waals surface area contributed by atoms with Gasteiger partial charge in [-0.3, -0.25) is 9.59 Å². The van der Waals surface area contributed by atoms with Gasteiger partial charge >= 0.3 is 36.4 Å². The van der Waals surface area contributed by atoms with Crippen LogP contribution in [0.2, 0.25) is 0 Å². The maximum Gasteiger partial charge on any atom is 0.408 e. The van der Waals surface area contributed by atoms with Crippen LogP contribution in [0.3, 0.4) is 0 Å². The molecule has 3 aliphatic heterocycles. The maximum atomic E-state index is 13.2. The fraction of sp³-hybridized carbons (Fsp3) is 0.493. The van der Waals surface area contributed by atoms with Crippen LogP contribution in [0.15, 0.2) is 97.1 Å². The Kier molecular flexibility index (Phi) is 26.7. The predicted molar refractivity (Wildman–Crippen MR) is 350 cm³/mol. The second-order valence-corrected chi connectivity index (χ2v) is 26.0. The van der Waals surface area contributed by atoms with Crippen molar-refractivity contribution in [2.75, 3.05) is 52.5 Å². The van der Waals surface area contributed by atoms with E-state index in [-0.39, 0.29) is 56.6 Å². The monoisotopic (exact) mass is 1310 g/mol. The molecule has 3 heterocycles. The number of nitrogens with zero attached hydrogens (tertiary/aromatic N) is 5. The number of nitriles is 3. The molecule has 0 radical (unpaired) electrons. The smallest absolute Gasteiger partial charge is 0.408 e. The van der Waals surface area contributed by atoms with Crippen molar-refractivity contribution in [3.8, 4) is 40.5 Å². The lowest BCUT2D eigenvalue weighted by atomic mass is 9.98. The lowest BCUT2D eigenvalue weighted by Crippen LogP contribution is -2.55. The first-order valence-electron chi connectivity index (χ1n) is 31.7. The summed E-state index contributed by atoms with van der Waals surface area (Å²) in [5.74, 6) is -2.29. The van der Waals surface area contributed by atoms with Crippen molar-refractivity contribution < 1.29 is 67.1 Å². The minimum Gasteiger partial charge on any atom is -0.480 e. The van der Waals surface area contributed by atoms with E-state index in [0.29, 0.717) is 32.4 Å². The lowest BCUT2D eigenvalue weighted by molar-refractivity contribution is -0.139. The lowest BCUT2D eigenvalue weighted by Gasteiger charge is -2.27. The van der Waals surface area contributed by atoms with E-state index in [0.717, 1.165) is 70.3 Å². The fourth-order valence-electron chi connectivity index (χ4n) is 11.2. The molecule has 508 valence electrons. The molecule has 0 bridgehead atoms. The van der Waals surface area contributed by atoms with Crippen molar-refractivity contribution in [2.45, 2.75) is 166 Å². The number of ether oxygens (including phenoxy) is 5. The molecule has 26 heteroatoms. The fourth-order valence-corrected chi connectivity index (χ4v) is 11.2. The van der Waals surface area contributed by atoms with E-state index in [9.17, 15) is 48.7 Å². The highest BCUT2D eigenvalue weighted by Crippen LogP contribution is 2.46. The van der Waals surface area contributed by atoms with Gasteiger partial charge in [0.15, 0.2) is 0 Å². The third-order valence-corrected chi connectivity index (χ3v) is 15.4. The van der Waals surface area contributed by atoms with Crippen molar-refractivity contribution in [3.05, 3.63) is 119 Å². The van der Waals surface area contributed by atoms with Crippen LogP contribution in [0.5, 0.6) is 0 Å². The summed E-state index contributed by atoms with van der Waals surface area (Å²) in [6, 6.07) is 34.2. The summed E-state index contributed by atoms with van der Waals surface area (Å²) in [5.41, 5.74) is 12.2. The average molecular weight is 1310 g/mol. The highest BCUT2D eigenvalue weighted by Gasteiger charge is 2.38. The maximum absolute atomic E-state index is 13.2. The van der Waals surface area contributed by atoms with Gasteiger partial charge < -0.3 is 76.2 Å². The summed E-state index contributed by atoms with van der Waals surface area (Å²) in [6.45, 7) is 16.9. The number of carbonyl (C=O) groups is 8. The molecular formula is C69H88N12O14. The van der Waals surface area contributed by atoms with Crippen LogP contribution in [0.4, 0.5) is 24.0 Å². The zero-order chi connectivity index (χ0) is 69.6. The molecule has 3 saturated heterocycles. The first-order valence-corrected chi connectivity index (χ1v) is 31.7. The van der Waals surface area contributed by atoms with Crippen molar-refractivity contribution in [1.29, 1.82) is 15.8 Å². The number of hydrogen-bond acceptors (Lipinski definition) is 18. The first-order chi connectivity index (χ1) is 45.0. The quantitative estimate of drug-likeness (QED) is 0.0522. The number of likely N-dealkylation sites (tertiary alicyclic amines) is 2. The SMILES string of the molecule is CC(C)(C)OC(=O)N[C@@H](CN)C(=O)N1CCC[C@H]1C#N.CC(C)(C)OC(=O)N[C@@H](CNC(=O)OCC1c2ccccc2-c2ccccc21)C(=O)N1CCC[C@H]1C#N.CC(C)(C)OC(=O)N[C@@H](CNC(=O)OCC1c2ccccc2-c2ccccc21)C(=O)O.N#C[C@@H]1CCCN1. The number of amides is 7. The molecule has 9 N–H and O–H groups in total. The van der Waals surface area contributed by atoms with Crippen LogP contribution in [0.25, 0.3) is 22.3 Å². The number of fused-ring (bicyclic) bond motifs is 6. The van der Waals surface area contributed by atoms with Crippen molar-refractivity contribution >= 4 is 48.2 Å². The van der Waals surface area contributed by atoms with Gasteiger partial charge in [-0.15, -0.1) is 0 Å². The second-order valence-electron chi connectivity index (χ2n) is 26.0. The summed E-state index contributed by atoms with van der Waals surface area (Å²) >= 11 is 0. The van der Waals surface area contributed by atoms with Crippen LogP contribution in [0.1, 0.15) is 135 Å². The minimum atomic E-state index is -1.35. The van der Waals surface area contributed by atoms with Gasteiger partial charge in [-0.1, -0.05) is 97.1 Å². The molecule has 0 saturated carbocycles. The highest BCUT2D eigenvalue weighted by molar-refractivity contribution is 5.88. The average Bonchev–Trinajstić information content (AvgIpc) is 1.63. The first kappa shape index (κ1) is 74.1. The summed E-state index contributed by atoms with van der Waals surface area (Å²) < 4.78 is 26.4. The summed E-state index contributed by atoms with van der Waals surface area (Å²) in [5, 5.41) is 51.2. The molecule has 95 heavy (non-hydrogen) atoms. The highest BCUT2D eigenvalue weighted by atomic mass is 16.6. The van der Waals surface area contributed by atoms with E-state index in [2.05, 4.69) is 62.2 Å². The van der Waals surface area contributed by atoms with E-state index in [1.807, 2.05) is 84.9 Å². The molecule has 6 atom stereocenters. The summed E-state index contributed by atoms with van der Waals surface area (Å²) in [7, 11) is 0. The Morgan fingerprint density at radius 2 is 0.863 bits per heavy atom. The van der Waals surface area contributed by atoms with Gasteiger partial charge in [0.1, 0.15) is 60.2 Å². The Morgan fingerprint density at radius 1 is 0.516 bits per heavy atom.